The summed E-state index contributed by atoms with van der Waals surface area (Å²) in [5.74, 6) is -0.263. The molecular weight excluding hydrogens is 449 g/mol. The van der Waals surface area contributed by atoms with E-state index in [1.165, 1.54) is 12.1 Å². The Balaban J connectivity index is 1.67. The first-order valence-corrected chi connectivity index (χ1v) is 11.0. The van der Waals surface area contributed by atoms with Crippen LogP contribution < -0.4 is 4.74 Å². The molecule has 0 bridgehead atoms. The van der Waals surface area contributed by atoms with Gasteiger partial charge in [0.2, 0.25) is 0 Å². The number of aromatic nitrogens is 2. The van der Waals surface area contributed by atoms with Crippen molar-refractivity contribution in [2.45, 2.75) is 11.9 Å². The van der Waals surface area contributed by atoms with Crippen molar-refractivity contribution in [3.8, 4) is 16.9 Å². The molecule has 1 aromatic heterocycles. The highest BCUT2D eigenvalue weighted by Crippen LogP contribution is 2.41. The van der Waals surface area contributed by atoms with Gasteiger partial charge in [0.1, 0.15) is 11.3 Å². The van der Waals surface area contributed by atoms with E-state index in [2.05, 4.69) is 41.1 Å². The topological polar surface area (TPSA) is 27.1 Å². The minimum Gasteiger partial charge on any atom is -0.406 e. The second-order valence-electron chi connectivity index (χ2n) is 8.05. The Morgan fingerprint density at radius 3 is 1.46 bits per heavy atom. The van der Waals surface area contributed by atoms with Crippen LogP contribution in [0.3, 0.4) is 0 Å². The molecule has 0 aliphatic heterocycles. The average molecular weight is 470 g/mol. The molecule has 6 heteroatoms. The monoisotopic (exact) mass is 470 g/mol. The molecule has 4 aromatic carbocycles. The summed E-state index contributed by atoms with van der Waals surface area (Å²) < 4.78 is 43.6. The molecule has 3 nitrogen and oxygen atoms in total. The van der Waals surface area contributed by atoms with Crippen LogP contribution >= 0.6 is 0 Å². The molecule has 0 N–H and O–H groups in total. The van der Waals surface area contributed by atoms with Gasteiger partial charge >= 0.3 is 6.36 Å². The number of nitrogens with zero attached hydrogens (tertiary/aromatic N) is 2. The summed E-state index contributed by atoms with van der Waals surface area (Å²) in [5, 5.41) is 4.78. The van der Waals surface area contributed by atoms with Crippen LogP contribution in [0.5, 0.6) is 5.75 Å². The predicted molar refractivity (Wildman–Crippen MR) is 129 cm³/mol. The van der Waals surface area contributed by atoms with Gasteiger partial charge in [-0.25, -0.2) is 0 Å². The predicted octanol–water partition coefficient (Wildman–Crippen LogP) is 7.29. The van der Waals surface area contributed by atoms with Crippen molar-refractivity contribution in [2.24, 2.45) is 0 Å². The fraction of sp³-hybridized carbons (Fsp3) is 0.0690. The molecule has 0 aliphatic rings. The minimum atomic E-state index is -4.73. The van der Waals surface area contributed by atoms with Gasteiger partial charge in [-0.3, -0.25) is 4.68 Å². The summed E-state index contributed by atoms with van der Waals surface area (Å²) >= 11 is 0. The zero-order valence-corrected chi connectivity index (χ0v) is 18.6. The molecule has 174 valence electrons. The summed E-state index contributed by atoms with van der Waals surface area (Å²) in [6.45, 7) is 0. The van der Waals surface area contributed by atoms with Crippen LogP contribution in [0.2, 0.25) is 0 Å². The first-order valence-electron chi connectivity index (χ1n) is 11.0. The number of hydrogen-bond acceptors (Lipinski definition) is 2. The fourth-order valence-electron chi connectivity index (χ4n) is 4.44. The lowest BCUT2D eigenvalue weighted by Crippen LogP contribution is -2.38. The van der Waals surface area contributed by atoms with E-state index in [1.807, 2.05) is 65.5 Å². The summed E-state index contributed by atoms with van der Waals surface area (Å²) in [5.41, 5.74) is 3.83. The molecule has 5 rings (SSSR count). The van der Waals surface area contributed by atoms with Crippen molar-refractivity contribution in [1.29, 1.82) is 0 Å². The number of benzene rings is 4. The third kappa shape index (κ3) is 4.43. The summed E-state index contributed by atoms with van der Waals surface area (Å²) in [4.78, 5) is 0. The standard InChI is InChI=1S/C29H21F3N2O/c30-29(31,32)35-27-18-16-22(17-19-27)23-20-33-34(21-23)28(24-10-4-1-5-11-24,25-12-6-2-7-13-25)26-14-8-3-9-15-26/h1-21H. The molecule has 0 unspecified atom stereocenters. The van der Waals surface area contributed by atoms with E-state index in [9.17, 15) is 13.2 Å². The normalized spacial score (nSPS) is 11.9. The second-order valence-corrected chi connectivity index (χ2v) is 8.05. The van der Waals surface area contributed by atoms with Gasteiger partial charge in [0.15, 0.2) is 0 Å². The van der Waals surface area contributed by atoms with Gasteiger partial charge in [0, 0.05) is 11.8 Å². The largest absolute Gasteiger partial charge is 0.573 e. The minimum absolute atomic E-state index is 0.263. The maximum absolute atomic E-state index is 12.5. The number of halogens is 3. The Morgan fingerprint density at radius 1 is 0.571 bits per heavy atom. The molecule has 0 radical (unpaired) electrons. The van der Waals surface area contributed by atoms with Crippen LogP contribution in [0.1, 0.15) is 16.7 Å². The summed E-state index contributed by atoms with van der Waals surface area (Å²) in [6.07, 6.45) is -1.08. The lowest BCUT2D eigenvalue weighted by atomic mass is 9.77. The van der Waals surface area contributed by atoms with Crippen molar-refractivity contribution in [1.82, 2.24) is 9.78 Å². The average Bonchev–Trinajstić information content (AvgIpc) is 3.37. The summed E-state index contributed by atoms with van der Waals surface area (Å²) in [7, 11) is 0. The number of ether oxygens (including phenoxy) is 1. The number of rotatable bonds is 6. The molecule has 0 fully saturated rings. The van der Waals surface area contributed by atoms with E-state index in [0.717, 1.165) is 27.8 Å². The summed E-state index contributed by atoms with van der Waals surface area (Å²) in [6, 6.07) is 36.2. The van der Waals surface area contributed by atoms with Crippen molar-refractivity contribution in [3.63, 3.8) is 0 Å². The van der Waals surface area contributed by atoms with Crippen LogP contribution in [0.4, 0.5) is 13.2 Å². The van der Waals surface area contributed by atoms with E-state index >= 15 is 0 Å². The molecular formula is C29H21F3N2O. The van der Waals surface area contributed by atoms with E-state index in [-0.39, 0.29) is 5.75 Å². The number of hydrogen-bond donors (Lipinski definition) is 0. The first-order chi connectivity index (χ1) is 17.0. The Labute approximate surface area is 201 Å². The van der Waals surface area contributed by atoms with Crippen LogP contribution in [0.15, 0.2) is 128 Å². The molecule has 35 heavy (non-hydrogen) atoms. The Hall–Kier alpha value is -4.32. The molecule has 0 saturated carbocycles. The van der Waals surface area contributed by atoms with Gasteiger partial charge in [0.25, 0.3) is 0 Å². The zero-order chi connectivity index (χ0) is 24.3. The Kier molecular flexibility index (Phi) is 5.87. The van der Waals surface area contributed by atoms with Crippen molar-refractivity contribution < 1.29 is 17.9 Å². The van der Waals surface area contributed by atoms with Gasteiger partial charge in [0.05, 0.1) is 6.20 Å². The Morgan fingerprint density at radius 2 is 1.03 bits per heavy atom. The van der Waals surface area contributed by atoms with Crippen LogP contribution in [0, 0.1) is 0 Å². The maximum atomic E-state index is 12.5. The van der Waals surface area contributed by atoms with E-state index < -0.39 is 11.9 Å². The SMILES string of the molecule is FC(F)(F)Oc1ccc(-c2cnn(C(c3ccccc3)(c3ccccc3)c3ccccc3)c2)cc1. The molecule has 5 aromatic rings. The third-order valence-electron chi connectivity index (χ3n) is 5.92. The molecule has 0 atom stereocenters. The molecule has 1 heterocycles. The van der Waals surface area contributed by atoms with Gasteiger partial charge in [-0.15, -0.1) is 13.2 Å². The quantitative estimate of drug-likeness (QED) is 0.244. The second kappa shape index (κ2) is 9.14. The van der Waals surface area contributed by atoms with E-state index in [0.29, 0.717) is 0 Å². The number of alkyl halides is 3. The van der Waals surface area contributed by atoms with E-state index in [1.54, 1.807) is 18.3 Å². The highest BCUT2D eigenvalue weighted by atomic mass is 19.4. The van der Waals surface area contributed by atoms with Crippen LogP contribution in [-0.2, 0) is 5.54 Å². The van der Waals surface area contributed by atoms with Crippen molar-refractivity contribution in [2.75, 3.05) is 0 Å². The fourth-order valence-corrected chi connectivity index (χ4v) is 4.44. The van der Waals surface area contributed by atoms with Crippen molar-refractivity contribution in [3.05, 3.63) is 144 Å². The highest BCUT2D eigenvalue weighted by molar-refractivity contribution is 5.63. The lowest BCUT2D eigenvalue weighted by Gasteiger charge is -2.36. The first kappa shape index (κ1) is 22.5. The lowest BCUT2D eigenvalue weighted by molar-refractivity contribution is -0.274. The molecule has 0 spiro atoms. The van der Waals surface area contributed by atoms with Crippen LogP contribution in [-0.4, -0.2) is 16.1 Å². The smallest absolute Gasteiger partial charge is 0.406 e. The van der Waals surface area contributed by atoms with Gasteiger partial charge in [-0.2, -0.15) is 5.10 Å². The molecule has 0 aliphatic carbocycles. The van der Waals surface area contributed by atoms with Crippen LogP contribution in [0.25, 0.3) is 11.1 Å². The van der Waals surface area contributed by atoms with Gasteiger partial charge in [-0.1, -0.05) is 103 Å². The third-order valence-corrected chi connectivity index (χ3v) is 5.92. The van der Waals surface area contributed by atoms with Gasteiger partial charge in [-0.05, 0) is 34.4 Å². The zero-order valence-electron chi connectivity index (χ0n) is 18.6. The maximum Gasteiger partial charge on any atom is 0.573 e. The van der Waals surface area contributed by atoms with Crippen molar-refractivity contribution >= 4 is 0 Å². The highest BCUT2D eigenvalue weighted by Gasteiger charge is 2.39. The molecule has 0 amide bonds. The molecule has 0 saturated heterocycles. The van der Waals surface area contributed by atoms with E-state index in [4.69, 9.17) is 5.10 Å². The Bertz CT molecular complexity index is 1280. The van der Waals surface area contributed by atoms with Gasteiger partial charge < -0.3 is 4.74 Å².